The van der Waals surface area contributed by atoms with Crippen molar-refractivity contribution in [3.63, 3.8) is 0 Å². The molecule has 1 aromatic carbocycles. The second-order valence-corrected chi connectivity index (χ2v) is 4.92. The number of aromatic nitrogens is 2. The molecule has 2 aromatic rings. The fraction of sp³-hybridized carbons (Fsp3) is 0.308. The van der Waals surface area contributed by atoms with E-state index < -0.39 is 0 Å². The Balaban J connectivity index is 2.55. The van der Waals surface area contributed by atoms with Gasteiger partial charge in [-0.3, -0.25) is 4.57 Å². The van der Waals surface area contributed by atoms with E-state index >= 15 is 0 Å². The molecule has 1 heterocycles. The number of benzene rings is 1. The third-order valence-corrected chi connectivity index (χ3v) is 3.19. The van der Waals surface area contributed by atoms with E-state index in [2.05, 4.69) is 62.8 Å². The molecule has 0 aliphatic heterocycles. The Kier molecular flexibility index (Phi) is 3.52. The smallest absolute Gasteiger partial charge is 0.207 e. The van der Waals surface area contributed by atoms with Crippen LogP contribution in [0.4, 0.5) is 5.95 Å². The minimum Gasteiger partial charge on any atom is -0.356 e. The van der Waals surface area contributed by atoms with E-state index in [0.29, 0.717) is 0 Å². The molecule has 90 valence electrons. The first kappa shape index (κ1) is 12.2. The first-order valence-electron chi connectivity index (χ1n) is 5.68. The lowest BCUT2D eigenvalue weighted by atomic mass is 10.2. The highest BCUT2D eigenvalue weighted by Gasteiger charge is 2.09. The summed E-state index contributed by atoms with van der Waals surface area (Å²) in [5, 5.41) is 3.27. The lowest BCUT2D eigenvalue weighted by Crippen LogP contribution is -2.05. The Labute approximate surface area is 110 Å². The van der Waals surface area contributed by atoms with Crippen molar-refractivity contribution >= 4 is 21.9 Å². The van der Waals surface area contributed by atoms with Crippen LogP contribution in [0, 0.1) is 13.8 Å². The number of aryl methyl sites for hydroxylation is 2. The fourth-order valence-corrected chi connectivity index (χ4v) is 2.21. The Bertz CT molecular complexity index is 531. The van der Waals surface area contributed by atoms with Gasteiger partial charge in [-0.05, 0) is 54.4 Å². The third kappa shape index (κ3) is 2.52. The van der Waals surface area contributed by atoms with Crippen molar-refractivity contribution in [1.82, 2.24) is 9.55 Å². The van der Waals surface area contributed by atoms with Crippen molar-refractivity contribution in [3.8, 4) is 5.69 Å². The topological polar surface area (TPSA) is 29.9 Å². The molecule has 0 bridgehead atoms. The molecule has 0 amide bonds. The van der Waals surface area contributed by atoms with Crippen molar-refractivity contribution in [2.75, 3.05) is 11.9 Å². The maximum atomic E-state index is 4.48. The van der Waals surface area contributed by atoms with Crippen molar-refractivity contribution in [2.24, 2.45) is 0 Å². The molecular formula is C13H16BrN3. The molecule has 1 N–H and O–H groups in total. The highest BCUT2D eigenvalue weighted by molar-refractivity contribution is 9.10. The summed E-state index contributed by atoms with van der Waals surface area (Å²) in [6, 6.07) is 6.30. The molecule has 0 saturated heterocycles. The maximum Gasteiger partial charge on any atom is 0.207 e. The van der Waals surface area contributed by atoms with Gasteiger partial charge in [0.15, 0.2) is 0 Å². The predicted molar refractivity (Wildman–Crippen MR) is 74.9 cm³/mol. The molecule has 0 radical (unpaired) electrons. The van der Waals surface area contributed by atoms with Crippen LogP contribution in [0.1, 0.15) is 18.2 Å². The van der Waals surface area contributed by atoms with Gasteiger partial charge in [-0.2, -0.15) is 0 Å². The predicted octanol–water partition coefficient (Wildman–Crippen LogP) is 3.68. The summed E-state index contributed by atoms with van der Waals surface area (Å²) >= 11 is 3.59. The molecule has 4 heteroatoms. The van der Waals surface area contributed by atoms with E-state index in [1.54, 1.807) is 0 Å². The van der Waals surface area contributed by atoms with Gasteiger partial charge in [-0.15, -0.1) is 0 Å². The third-order valence-electron chi connectivity index (χ3n) is 2.52. The summed E-state index contributed by atoms with van der Waals surface area (Å²) in [5.41, 5.74) is 3.35. The second-order valence-electron chi connectivity index (χ2n) is 4.06. The van der Waals surface area contributed by atoms with E-state index in [1.807, 2.05) is 13.1 Å². The summed E-state index contributed by atoms with van der Waals surface area (Å²) in [4.78, 5) is 4.48. The minimum absolute atomic E-state index is 0.861. The second kappa shape index (κ2) is 4.92. The van der Waals surface area contributed by atoms with E-state index in [1.165, 1.54) is 5.56 Å². The average Bonchev–Trinajstić information content (AvgIpc) is 2.64. The molecule has 0 atom stereocenters. The van der Waals surface area contributed by atoms with Gasteiger partial charge in [-0.1, -0.05) is 6.07 Å². The summed E-state index contributed by atoms with van der Waals surface area (Å²) < 4.78 is 3.15. The summed E-state index contributed by atoms with van der Waals surface area (Å²) in [7, 11) is 0. The number of anilines is 1. The van der Waals surface area contributed by atoms with Gasteiger partial charge < -0.3 is 5.32 Å². The van der Waals surface area contributed by atoms with Crippen LogP contribution < -0.4 is 5.32 Å². The van der Waals surface area contributed by atoms with Crippen molar-refractivity contribution in [1.29, 1.82) is 0 Å². The number of hydrogen-bond acceptors (Lipinski definition) is 2. The number of hydrogen-bond donors (Lipinski definition) is 1. The quantitative estimate of drug-likeness (QED) is 0.935. The van der Waals surface area contributed by atoms with Crippen LogP contribution in [-0.2, 0) is 0 Å². The van der Waals surface area contributed by atoms with Gasteiger partial charge in [0.2, 0.25) is 5.95 Å². The molecule has 0 spiro atoms. The summed E-state index contributed by atoms with van der Waals surface area (Å²) in [6.45, 7) is 7.02. The molecule has 0 aliphatic carbocycles. The Morgan fingerprint density at radius 3 is 2.82 bits per heavy atom. The van der Waals surface area contributed by atoms with Gasteiger partial charge in [0.05, 0.1) is 11.4 Å². The van der Waals surface area contributed by atoms with Crippen molar-refractivity contribution in [2.45, 2.75) is 20.8 Å². The molecule has 0 fully saturated rings. The van der Waals surface area contributed by atoms with Crippen LogP contribution in [0.15, 0.2) is 28.9 Å². The van der Waals surface area contributed by atoms with Crippen LogP contribution in [0.5, 0.6) is 0 Å². The summed E-state index contributed by atoms with van der Waals surface area (Å²) in [6.07, 6.45) is 2.04. The van der Waals surface area contributed by atoms with Crippen LogP contribution in [0.2, 0.25) is 0 Å². The molecule has 1 aromatic heterocycles. The summed E-state index contributed by atoms with van der Waals surface area (Å²) in [5.74, 6) is 0.885. The van der Waals surface area contributed by atoms with E-state index in [0.717, 1.165) is 28.3 Å². The normalized spacial score (nSPS) is 10.6. The Morgan fingerprint density at radius 2 is 2.12 bits per heavy atom. The Morgan fingerprint density at radius 1 is 1.35 bits per heavy atom. The SMILES string of the molecule is CCNc1nc(C)cn1-c1cc(C)ccc1Br. The van der Waals surface area contributed by atoms with E-state index in [4.69, 9.17) is 0 Å². The van der Waals surface area contributed by atoms with Crippen LogP contribution in [0.25, 0.3) is 5.69 Å². The lowest BCUT2D eigenvalue weighted by molar-refractivity contribution is 1.01. The van der Waals surface area contributed by atoms with E-state index in [-0.39, 0.29) is 0 Å². The average molecular weight is 294 g/mol. The number of halogens is 1. The number of imidazole rings is 1. The molecule has 2 rings (SSSR count). The van der Waals surface area contributed by atoms with Crippen LogP contribution in [0.3, 0.4) is 0 Å². The zero-order valence-corrected chi connectivity index (χ0v) is 11.9. The molecule has 0 saturated carbocycles. The monoisotopic (exact) mass is 293 g/mol. The fourth-order valence-electron chi connectivity index (χ4n) is 1.77. The highest BCUT2D eigenvalue weighted by Crippen LogP contribution is 2.25. The first-order valence-corrected chi connectivity index (χ1v) is 6.47. The number of rotatable bonds is 3. The number of nitrogens with zero attached hydrogens (tertiary/aromatic N) is 2. The zero-order chi connectivity index (χ0) is 12.4. The van der Waals surface area contributed by atoms with E-state index in [9.17, 15) is 0 Å². The molecule has 3 nitrogen and oxygen atoms in total. The van der Waals surface area contributed by atoms with Crippen LogP contribution >= 0.6 is 15.9 Å². The first-order chi connectivity index (χ1) is 8.11. The van der Waals surface area contributed by atoms with Gasteiger partial charge in [0.25, 0.3) is 0 Å². The van der Waals surface area contributed by atoms with Gasteiger partial charge in [0.1, 0.15) is 0 Å². The van der Waals surface area contributed by atoms with Crippen molar-refractivity contribution < 1.29 is 0 Å². The minimum atomic E-state index is 0.861. The Hall–Kier alpha value is -1.29. The molecule has 0 aliphatic rings. The lowest BCUT2D eigenvalue weighted by Gasteiger charge is -2.11. The van der Waals surface area contributed by atoms with Crippen LogP contribution in [-0.4, -0.2) is 16.1 Å². The van der Waals surface area contributed by atoms with Gasteiger partial charge in [0, 0.05) is 17.2 Å². The maximum absolute atomic E-state index is 4.48. The van der Waals surface area contributed by atoms with Crippen molar-refractivity contribution in [3.05, 3.63) is 40.1 Å². The largest absolute Gasteiger partial charge is 0.356 e. The number of nitrogens with one attached hydrogen (secondary N) is 1. The highest BCUT2D eigenvalue weighted by atomic mass is 79.9. The zero-order valence-electron chi connectivity index (χ0n) is 10.3. The van der Waals surface area contributed by atoms with Gasteiger partial charge in [-0.25, -0.2) is 4.98 Å². The molecular weight excluding hydrogens is 278 g/mol. The molecule has 0 unspecified atom stereocenters. The standard InChI is InChI=1S/C13H16BrN3/c1-4-15-13-16-10(3)8-17(13)12-7-9(2)5-6-11(12)14/h5-8H,4H2,1-3H3,(H,15,16). The van der Waals surface area contributed by atoms with Gasteiger partial charge >= 0.3 is 0 Å². The molecule has 17 heavy (non-hydrogen) atoms.